The highest BCUT2D eigenvalue weighted by Gasteiger charge is 2.20. The van der Waals surface area contributed by atoms with Crippen LogP contribution in [-0.2, 0) is 4.79 Å². The second kappa shape index (κ2) is 9.20. The van der Waals surface area contributed by atoms with E-state index >= 15 is 0 Å². The van der Waals surface area contributed by atoms with E-state index in [-0.39, 0.29) is 17.9 Å². The number of halogens is 1. The van der Waals surface area contributed by atoms with Gasteiger partial charge >= 0.3 is 0 Å². The van der Waals surface area contributed by atoms with E-state index in [1.807, 2.05) is 13.8 Å². The van der Waals surface area contributed by atoms with E-state index in [0.29, 0.717) is 28.6 Å². The van der Waals surface area contributed by atoms with Crippen LogP contribution in [0.1, 0.15) is 62.7 Å². The Kier molecular flexibility index (Phi) is 7.26. The first-order chi connectivity index (χ1) is 11.9. The zero-order chi connectivity index (χ0) is 18.4. The summed E-state index contributed by atoms with van der Waals surface area (Å²) in [7, 11) is 0. The molecule has 2 amide bonds. The van der Waals surface area contributed by atoms with Crippen molar-refractivity contribution in [3.8, 4) is 0 Å². The minimum absolute atomic E-state index is 0.195. The van der Waals surface area contributed by atoms with E-state index in [1.54, 1.807) is 18.2 Å². The lowest BCUT2D eigenvalue weighted by Crippen LogP contribution is -2.37. The summed E-state index contributed by atoms with van der Waals surface area (Å²) in [6, 6.07) is 4.55. The Balaban J connectivity index is 2.03. The summed E-state index contributed by atoms with van der Waals surface area (Å²) in [5.41, 5.74) is 6.81. The van der Waals surface area contributed by atoms with Crippen molar-refractivity contribution in [2.75, 3.05) is 5.32 Å². The van der Waals surface area contributed by atoms with Crippen LogP contribution in [-0.4, -0.2) is 23.9 Å². The standard InChI is InChI=1S/C19H28ClN3O2/c1-12(2)10-17(21)19(25)23-14-8-9-16(20)15(11-14)18(24)22-13-6-4-3-5-7-13/h8-9,11-13,17H,3-7,10,21H2,1-2H3,(H,22,24)(H,23,25)/t17-/m0/s1. The van der Waals surface area contributed by atoms with Crippen LogP contribution in [0.15, 0.2) is 18.2 Å². The van der Waals surface area contributed by atoms with Crippen LogP contribution in [0.2, 0.25) is 5.02 Å². The SMILES string of the molecule is CC(C)C[C@H](N)C(=O)Nc1ccc(Cl)c(C(=O)NC2CCCCC2)c1. The number of nitrogens with one attached hydrogen (secondary N) is 2. The van der Waals surface area contributed by atoms with Crippen LogP contribution in [0, 0.1) is 5.92 Å². The van der Waals surface area contributed by atoms with Crippen molar-refractivity contribution in [2.45, 2.75) is 64.5 Å². The highest BCUT2D eigenvalue weighted by molar-refractivity contribution is 6.34. The van der Waals surface area contributed by atoms with Crippen molar-refractivity contribution in [3.05, 3.63) is 28.8 Å². The summed E-state index contributed by atoms with van der Waals surface area (Å²) in [4.78, 5) is 24.7. The van der Waals surface area contributed by atoms with Crippen LogP contribution >= 0.6 is 11.6 Å². The fourth-order valence-electron chi connectivity index (χ4n) is 3.14. The molecule has 2 rings (SSSR count). The van der Waals surface area contributed by atoms with E-state index in [1.165, 1.54) is 6.42 Å². The molecule has 0 spiro atoms. The van der Waals surface area contributed by atoms with Gasteiger partial charge in [-0.05, 0) is 43.4 Å². The number of anilines is 1. The van der Waals surface area contributed by atoms with Gasteiger partial charge in [0.1, 0.15) is 0 Å². The van der Waals surface area contributed by atoms with Gasteiger partial charge in [0, 0.05) is 11.7 Å². The van der Waals surface area contributed by atoms with Gasteiger partial charge in [0.05, 0.1) is 16.6 Å². The predicted molar refractivity (Wildman–Crippen MR) is 102 cm³/mol. The molecule has 1 saturated carbocycles. The van der Waals surface area contributed by atoms with Gasteiger partial charge in [-0.1, -0.05) is 44.7 Å². The molecular weight excluding hydrogens is 338 g/mol. The lowest BCUT2D eigenvalue weighted by Gasteiger charge is -2.23. The molecule has 0 saturated heterocycles. The Morgan fingerprint density at radius 2 is 1.92 bits per heavy atom. The van der Waals surface area contributed by atoms with Gasteiger partial charge in [-0.3, -0.25) is 9.59 Å². The molecule has 1 atom stereocenters. The predicted octanol–water partition coefficient (Wildman–Crippen LogP) is 3.71. The molecule has 0 aromatic heterocycles. The summed E-state index contributed by atoms with van der Waals surface area (Å²) in [6.07, 6.45) is 6.12. The van der Waals surface area contributed by atoms with Gasteiger partial charge in [0.2, 0.25) is 5.91 Å². The quantitative estimate of drug-likeness (QED) is 0.718. The van der Waals surface area contributed by atoms with Crippen LogP contribution in [0.25, 0.3) is 0 Å². The Morgan fingerprint density at radius 1 is 1.24 bits per heavy atom. The smallest absolute Gasteiger partial charge is 0.253 e. The molecule has 0 aliphatic heterocycles. The number of carbonyl (C=O) groups is 2. The second-order valence-electron chi connectivity index (χ2n) is 7.23. The minimum Gasteiger partial charge on any atom is -0.349 e. The monoisotopic (exact) mass is 365 g/mol. The van der Waals surface area contributed by atoms with Gasteiger partial charge in [-0.2, -0.15) is 0 Å². The van der Waals surface area contributed by atoms with Gasteiger partial charge in [-0.25, -0.2) is 0 Å². The Bertz CT molecular complexity index is 613. The molecule has 0 heterocycles. The van der Waals surface area contributed by atoms with Gasteiger partial charge in [0.25, 0.3) is 5.91 Å². The fourth-order valence-corrected chi connectivity index (χ4v) is 3.34. The number of rotatable bonds is 6. The summed E-state index contributed by atoms with van der Waals surface area (Å²) >= 11 is 6.18. The van der Waals surface area contributed by atoms with Gasteiger partial charge in [-0.15, -0.1) is 0 Å². The topological polar surface area (TPSA) is 84.2 Å². The number of benzene rings is 1. The van der Waals surface area contributed by atoms with E-state index in [2.05, 4.69) is 10.6 Å². The third kappa shape index (κ3) is 6.01. The van der Waals surface area contributed by atoms with Crippen molar-refractivity contribution in [1.82, 2.24) is 5.32 Å². The lowest BCUT2D eigenvalue weighted by atomic mass is 9.95. The third-order valence-electron chi connectivity index (χ3n) is 4.48. The highest BCUT2D eigenvalue weighted by atomic mass is 35.5. The van der Waals surface area contributed by atoms with Crippen LogP contribution in [0.5, 0.6) is 0 Å². The molecule has 6 heteroatoms. The number of hydrogen-bond acceptors (Lipinski definition) is 3. The highest BCUT2D eigenvalue weighted by Crippen LogP contribution is 2.23. The van der Waals surface area contributed by atoms with Crippen LogP contribution in [0.3, 0.4) is 0 Å². The molecule has 4 N–H and O–H groups in total. The Labute approximate surface area is 154 Å². The minimum atomic E-state index is -0.574. The fraction of sp³-hybridized carbons (Fsp3) is 0.579. The average Bonchev–Trinajstić information content (AvgIpc) is 2.56. The maximum absolute atomic E-state index is 12.5. The number of hydrogen-bond donors (Lipinski definition) is 3. The van der Waals surface area contributed by atoms with Crippen molar-refractivity contribution in [3.63, 3.8) is 0 Å². The Morgan fingerprint density at radius 3 is 2.56 bits per heavy atom. The third-order valence-corrected chi connectivity index (χ3v) is 4.81. The zero-order valence-electron chi connectivity index (χ0n) is 15.0. The first kappa shape index (κ1) is 19.7. The van der Waals surface area contributed by atoms with E-state index in [0.717, 1.165) is 25.7 Å². The molecule has 0 unspecified atom stereocenters. The molecule has 1 aromatic rings. The number of nitrogens with two attached hydrogens (primary N) is 1. The van der Waals surface area contributed by atoms with Crippen molar-refractivity contribution >= 4 is 29.1 Å². The second-order valence-corrected chi connectivity index (χ2v) is 7.64. The molecule has 138 valence electrons. The molecule has 5 nitrogen and oxygen atoms in total. The molecule has 1 fully saturated rings. The first-order valence-corrected chi connectivity index (χ1v) is 9.41. The lowest BCUT2D eigenvalue weighted by molar-refractivity contribution is -0.117. The molecular formula is C19H28ClN3O2. The van der Waals surface area contributed by atoms with E-state index < -0.39 is 6.04 Å². The number of carbonyl (C=O) groups excluding carboxylic acids is 2. The first-order valence-electron chi connectivity index (χ1n) is 9.03. The van der Waals surface area contributed by atoms with Crippen LogP contribution in [0.4, 0.5) is 5.69 Å². The Hall–Kier alpha value is -1.59. The van der Waals surface area contributed by atoms with Crippen molar-refractivity contribution < 1.29 is 9.59 Å². The van der Waals surface area contributed by atoms with E-state index in [4.69, 9.17) is 17.3 Å². The maximum Gasteiger partial charge on any atom is 0.253 e. The summed E-state index contributed by atoms with van der Waals surface area (Å²) in [5, 5.41) is 6.19. The number of amides is 2. The average molecular weight is 366 g/mol. The normalized spacial score (nSPS) is 16.5. The largest absolute Gasteiger partial charge is 0.349 e. The van der Waals surface area contributed by atoms with Gasteiger partial charge in [0.15, 0.2) is 0 Å². The van der Waals surface area contributed by atoms with Crippen molar-refractivity contribution in [2.24, 2.45) is 11.7 Å². The van der Waals surface area contributed by atoms with E-state index in [9.17, 15) is 9.59 Å². The molecule has 1 aliphatic carbocycles. The molecule has 1 aromatic carbocycles. The molecule has 25 heavy (non-hydrogen) atoms. The maximum atomic E-state index is 12.5. The summed E-state index contributed by atoms with van der Waals surface area (Å²) in [6.45, 7) is 4.03. The van der Waals surface area contributed by atoms with Crippen LogP contribution < -0.4 is 16.4 Å². The van der Waals surface area contributed by atoms with Crippen molar-refractivity contribution in [1.29, 1.82) is 0 Å². The molecule has 0 bridgehead atoms. The summed E-state index contributed by atoms with van der Waals surface area (Å²) < 4.78 is 0. The molecule has 1 aliphatic rings. The molecule has 0 radical (unpaired) electrons. The zero-order valence-corrected chi connectivity index (χ0v) is 15.7. The summed E-state index contributed by atoms with van der Waals surface area (Å²) in [5.74, 6) is -0.114. The van der Waals surface area contributed by atoms with Gasteiger partial charge < -0.3 is 16.4 Å².